The molecule has 0 atom stereocenters. The summed E-state index contributed by atoms with van der Waals surface area (Å²) in [6.45, 7) is 0. The molecule has 2 aromatic rings. The van der Waals surface area contributed by atoms with Gasteiger partial charge in [-0.1, -0.05) is 11.6 Å². The van der Waals surface area contributed by atoms with E-state index in [1.165, 1.54) is 12.1 Å². The minimum atomic E-state index is -0.995. The molecule has 0 heterocycles. The summed E-state index contributed by atoms with van der Waals surface area (Å²) >= 11 is 6.15. The fraction of sp³-hybridized carbons (Fsp3) is 0.133. The van der Waals surface area contributed by atoms with Gasteiger partial charge in [-0.05, 0) is 42.5 Å². The van der Waals surface area contributed by atoms with Gasteiger partial charge < -0.3 is 14.7 Å². The van der Waals surface area contributed by atoms with Crippen LogP contribution in [-0.2, 0) is 0 Å². The molecule has 0 saturated heterocycles. The van der Waals surface area contributed by atoms with Crippen molar-refractivity contribution >= 4 is 28.9 Å². The smallest absolute Gasteiger partial charge is 0.335 e. The molecule has 0 bridgehead atoms. The number of halogens is 1. The zero-order valence-electron chi connectivity index (χ0n) is 11.1. The van der Waals surface area contributed by atoms with Crippen molar-refractivity contribution in [3.05, 3.63) is 53.1 Å². The van der Waals surface area contributed by atoms with E-state index in [9.17, 15) is 4.79 Å². The Balaban J connectivity index is 2.32. The van der Waals surface area contributed by atoms with Gasteiger partial charge >= 0.3 is 5.97 Å². The molecule has 0 fully saturated rings. The first-order valence-corrected chi connectivity index (χ1v) is 6.31. The minimum Gasteiger partial charge on any atom is -0.497 e. The van der Waals surface area contributed by atoms with Gasteiger partial charge in [0.25, 0.3) is 0 Å². The largest absolute Gasteiger partial charge is 0.497 e. The summed E-state index contributed by atoms with van der Waals surface area (Å²) in [5, 5.41) is 9.32. The van der Waals surface area contributed by atoms with Crippen molar-refractivity contribution in [3.8, 4) is 5.75 Å². The summed E-state index contributed by atoms with van der Waals surface area (Å²) in [5.41, 5.74) is 1.83. The first-order valence-electron chi connectivity index (χ1n) is 5.93. The van der Waals surface area contributed by atoms with Crippen LogP contribution in [0.5, 0.6) is 5.75 Å². The molecule has 20 heavy (non-hydrogen) atoms. The molecule has 104 valence electrons. The average Bonchev–Trinajstić information content (AvgIpc) is 2.46. The Morgan fingerprint density at radius 2 is 1.85 bits per heavy atom. The number of rotatable bonds is 4. The van der Waals surface area contributed by atoms with Crippen molar-refractivity contribution in [1.82, 2.24) is 0 Å². The maximum atomic E-state index is 10.9. The highest BCUT2D eigenvalue weighted by Crippen LogP contribution is 2.32. The third kappa shape index (κ3) is 2.86. The van der Waals surface area contributed by atoms with Gasteiger partial charge in [-0.25, -0.2) is 4.79 Å². The predicted molar refractivity (Wildman–Crippen MR) is 79.5 cm³/mol. The zero-order valence-corrected chi connectivity index (χ0v) is 11.9. The van der Waals surface area contributed by atoms with E-state index in [4.69, 9.17) is 21.4 Å². The number of hydrogen-bond acceptors (Lipinski definition) is 3. The Bertz CT molecular complexity index is 626. The van der Waals surface area contributed by atoms with Crippen LogP contribution in [0.2, 0.25) is 5.02 Å². The highest BCUT2D eigenvalue weighted by atomic mass is 35.5. The molecule has 0 aliphatic carbocycles. The van der Waals surface area contributed by atoms with Gasteiger partial charge in [-0.2, -0.15) is 0 Å². The number of carbonyl (C=O) groups is 1. The van der Waals surface area contributed by atoms with E-state index in [0.717, 1.165) is 17.1 Å². The Morgan fingerprint density at radius 3 is 2.35 bits per heavy atom. The van der Waals surface area contributed by atoms with Crippen LogP contribution in [0.15, 0.2) is 42.5 Å². The van der Waals surface area contributed by atoms with E-state index in [2.05, 4.69) is 0 Å². The molecule has 0 aliphatic heterocycles. The standard InChI is InChI=1S/C15H14ClNO3/c1-17(11-4-6-12(20-2)7-5-11)14-8-3-10(15(18)19)9-13(14)16/h3-9H,1-2H3,(H,18,19). The number of anilines is 2. The molecule has 2 rings (SSSR count). The second-order valence-corrected chi connectivity index (χ2v) is 4.64. The van der Waals surface area contributed by atoms with E-state index < -0.39 is 5.97 Å². The van der Waals surface area contributed by atoms with Gasteiger partial charge in [0.1, 0.15) is 5.75 Å². The van der Waals surface area contributed by atoms with Gasteiger partial charge in [-0.15, -0.1) is 0 Å². The Labute approximate surface area is 122 Å². The van der Waals surface area contributed by atoms with Crippen molar-refractivity contribution in [2.75, 3.05) is 19.1 Å². The molecule has 0 aromatic heterocycles. The molecule has 0 saturated carbocycles. The Morgan fingerprint density at radius 1 is 1.20 bits per heavy atom. The average molecular weight is 292 g/mol. The second-order valence-electron chi connectivity index (χ2n) is 4.23. The van der Waals surface area contributed by atoms with E-state index in [-0.39, 0.29) is 5.56 Å². The van der Waals surface area contributed by atoms with Crippen molar-refractivity contribution in [3.63, 3.8) is 0 Å². The summed E-state index contributed by atoms with van der Waals surface area (Å²) in [6.07, 6.45) is 0. The summed E-state index contributed by atoms with van der Waals surface area (Å²) in [5.74, 6) is -0.222. The summed E-state index contributed by atoms with van der Waals surface area (Å²) in [7, 11) is 3.48. The fourth-order valence-corrected chi connectivity index (χ4v) is 2.16. The van der Waals surface area contributed by atoms with Gasteiger partial charge in [0, 0.05) is 12.7 Å². The lowest BCUT2D eigenvalue weighted by Crippen LogP contribution is -2.10. The molecule has 4 nitrogen and oxygen atoms in total. The molecular formula is C15H14ClNO3. The lowest BCUT2D eigenvalue weighted by atomic mass is 10.2. The van der Waals surface area contributed by atoms with Crippen molar-refractivity contribution in [1.29, 1.82) is 0 Å². The molecule has 0 amide bonds. The van der Waals surface area contributed by atoms with Crippen molar-refractivity contribution in [2.24, 2.45) is 0 Å². The first kappa shape index (κ1) is 14.2. The second kappa shape index (κ2) is 5.84. The Kier molecular flexibility index (Phi) is 4.15. The van der Waals surface area contributed by atoms with Gasteiger partial charge in [0.15, 0.2) is 0 Å². The molecular weight excluding hydrogens is 278 g/mol. The molecule has 1 N–H and O–H groups in total. The van der Waals surface area contributed by atoms with E-state index in [1.54, 1.807) is 13.2 Å². The number of methoxy groups -OCH3 is 1. The Hall–Kier alpha value is -2.20. The van der Waals surface area contributed by atoms with E-state index in [0.29, 0.717) is 5.02 Å². The van der Waals surface area contributed by atoms with Crippen LogP contribution in [0.1, 0.15) is 10.4 Å². The highest BCUT2D eigenvalue weighted by molar-refractivity contribution is 6.33. The third-order valence-corrected chi connectivity index (χ3v) is 3.32. The van der Waals surface area contributed by atoms with Gasteiger partial charge in [0.05, 0.1) is 23.4 Å². The van der Waals surface area contributed by atoms with Crippen LogP contribution in [0.3, 0.4) is 0 Å². The van der Waals surface area contributed by atoms with Crippen LogP contribution >= 0.6 is 11.6 Å². The van der Waals surface area contributed by atoms with Gasteiger partial charge in [-0.3, -0.25) is 0 Å². The van der Waals surface area contributed by atoms with Crippen LogP contribution in [0.4, 0.5) is 11.4 Å². The maximum Gasteiger partial charge on any atom is 0.335 e. The number of carboxylic acid groups (broad SMARTS) is 1. The van der Waals surface area contributed by atoms with Crippen molar-refractivity contribution < 1.29 is 14.6 Å². The monoisotopic (exact) mass is 291 g/mol. The maximum absolute atomic E-state index is 10.9. The number of nitrogens with zero attached hydrogens (tertiary/aromatic N) is 1. The normalized spacial score (nSPS) is 10.2. The number of ether oxygens (including phenoxy) is 1. The molecule has 0 unspecified atom stereocenters. The first-order chi connectivity index (χ1) is 9.52. The topological polar surface area (TPSA) is 49.8 Å². The fourth-order valence-electron chi connectivity index (χ4n) is 1.86. The SMILES string of the molecule is COc1ccc(N(C)c2ccc(C(=O)O)cc2Cl)cc1. The minimum absolute atomic E-state index is 0.168. The predicted octanol–water partition coefficient (Wildman–Crippen LogP) is 3.81. The van der Waals surface area contributed by atoms with Gasteiger partial charge in [0.2, 0.25) is 0 Å². The number of carboxylic acids is 1. The summed E-state index contributed by atoms with van der Waals surface area (Å²) in [6, 6.07) is 12.2. The number of benzene rings is 2. The van der Waals surface area contributed by atoms with Crippen LogP contribution in [0.25, 0.3) is 0 Å². The van der Waals surface area contributed by atoms with Crippen molar-refractivity contribution in [2.45, 2.75) is 0 Å². The van der Waals surface area contributed by atoms with Crippen LogP contribution in [0, 0.1) is 0 Å². The third-order valence-electron chi connectivity index (χ3n) is 3.02. The van der Waals surface area contributed by atoms with E-state index in [1.807, 2.05) is 36.2 Å². The molecule has 5 heteroatoms. The number of aromatic carboxylic acids is 1. The molecule has 2 aromatic carbocycles. The van der Waals surface area contributed by atoms with Crippen LogP contribution in [-0.4, -0.2) is 25.2 Å². The lowest BCUT2D eigenvalue weighted by Gasteiger charge is -2.21. The number of hydrogen-bond donors (Lipinski definition) is 1. The lowest BCUT2D eigenvalue weighted by molar-refractivity contribution is 0.0697. The van der Waals surface area contributed by atoms with Crippen LogP contribution < -0.4 is 9.64 Å². The van der Waals surface area contributed by atoms with E-state index >= 15 is 0 Å². The zero-order chi connectivity index (χ0) is 14.7. The molecule has 0 aliphatic rings. The quantitative estimate of drug-likeness (QED) is 0.930. The molecule has 0 spiro atoms. The summed E-state index contributed by atoms with van der Waals surface area (Å²) in [4.78, 5) is 12.8. The summed E-state index contributed by atoms with van der Waals surface area (Å²) < 4.78 is 5.11. The highest BCUT2D eigenvalue weighted by Gasteiger charge is 2.11. The molecule has 0 radical (unpaired) electrons.